The molecule has 0 amide bonds. The van der Waals surface area contributed by atoms with Gasteiger partial charge in [0.15, 0.2) is 5.69 Å². The van der Waals surface area contributed by atoms with E-state index in [2.05, 4.69) is 9.72 Å². The Morgan fingerprint density at radius 2 is 2.04 bits per heavy atom. The fraction of sp³-hybridized carbons (Fsp3) is 0.375. The summed E-state index contributed by atoms with van der Waals surface area (Å²) in [4.78, 5) is 27.8. The molecule has 0 saturated carbocycles. The molecule has 24 heavy (non-hydrogen) atoms. The Hall–Kier alpha value is -2.90. The Labute approximate surface area is 138 Å². The molecule has 2 rings (SSSR count). The number of hydrogen-bond acceptors (Lipinski definition) is 7. The Bertz CT molecular complexity index is 775. The molecule has 0 aliphatic heterocycles. The second kappa shape index (κ2) is 7.58. The van der Waals surface area contributed by atoms with Crippen molar-refractivity contribution in [1.82, 2.24) is 4.98 Å². The van der Waals surface area contributed by atoms with E-state index in [1.807, 2.05) is 6.92 Å². The van der Waals surface area contributed by atoms with Crippen LogP contribution in [-0.2, 0) is 20.9 Å². The van der Waals surface area contributed by atoms with Crippen molar-refractivity contribution in [3.05, 3.63) is 34.8 Å². The maximum atomic E-state index is 12.6. The second-order valence-corrected chi connectivity index (χ2v) is 4.96. The summed E-state index contributed by atoms with van der Waals surface area (Å²) in [6.07, 6.45) is 0.880. The molecule has 8 nitrogen and oxygen atoms in total. The summed E-state index contributed by atoms with van der Waals surface area (Å²) in [5.41, 5.74) is 0.222. The van der Waals surface area contributed by atoms with Crippen molar-refractivity contribution in [2.24, 2.45) is 0 Å². The van der Waals surface area contributed by atoms with Gasteiger partial charge in [-0.2, -0.15) is 4.73 Å². The fourth-order valence-electron chi connectivity index (χ4n) is 2.15. The SMILES string of the molecule is CCCC(=O)OCc1nc2ccc(OC)cc2[n+]([O-])c1C(=O)OC. The Kier molecular flexibility index (Phi) is 5.51. The highest BCUT2D eigenvalue weighted by atomic mass is 16.5. The van der Waals surface area contributed by atoms with Gasteiger partial charge in [-0.25, -0.2) is 9.78 Å². The minimum Gasteiger partial charge on any atom is -0.618 e. The fourth-order valence-corrected chi connectivity index (χ4v) is 2.15. The van der Waals surface area contributed by atoms with E-state index >= 15 is 0 Å². The molecule has 1 aromatic carbocycles. The van der Waals surface area contributed by atoms with E-state index in [1.54, 1.807) is 12.1 Å². The number of hydrogen-bond donors (Lipinski definition) is 0. The molecule has 0 N–H and O–H groups in total. The molecule has 128 valence electrons. The van der Waals surface area contributed by atoms with Crippen LogP contribution in [0.15, 0.2) is 18.2 Å². The van der Waals surface area contributed by atoms with Crippen LogP contribution < -0.4 is 9.47 Å². The Morgan fingerprint density at radius 3 is 2.67 bits per heavy atom. The van der Waals surface area contributed by atoms with Gasteiger partial charge >= 0.3 is 17.6 Å². The van der Waals surface area contributed by atoms with Crippen LogP contribution in [0.1, 0.15) is 35.9 Å². The lowest BCUT2D eigenvalue weighted by atomic mass is 10.2. The van der Waals surface area contributed by atoms with Crippen LogP contribution in [0, 0.1) is 5.21 Å². The summed E-state index contributed by atoms with van der Waals surface area (Å²) in [6, 6.07) is 4.69. The number of aromatic nitrogens is 2. The van der Waals surface area contributed by atoms with E-state index in [-0.39, 0.29) is 29.9 Å². The molecule has 0 radical (unpaired) electrons. The van der Waals surface area contributed by atoms with E-state index in [9.17, 15) is 14.8 Å². The lowest BCUT2D eigenvalue weighted by Crippen LogP contribution is -2.38. The number of ether oxygens (including phenoxy) is 3. The predicted octanol–water partition coefficient (Wildman–Crippen LogP) is 1.51. The van der Waals surface area contributed by atoms with Gasteiger partial charge in [-0.05, 0) is 18.6 Å². The van der Waals surface area contributed by atoms with E-state index in [4.69, 9.17) is 9.47 Å². The smallest absolute Gasteiger partial charge is 0.406 e. The molecule has 2 aromatic rings. The van der Waals surface area contributed by atoms with E-state index in [1.165, 1.54) is 13.2 Å². The van der Waals surface area contributed by atoms with Crippen LogP contribution in [0.25, 0.3) is 11.0 Å². The quantitative estimate of drug-likeness (QED) is 0.448. The van der Waals surface area contributed by atoms with E-state index in [0.717, 1.165) is 7.11 Å². The number of benzene rings is 1. The van der Waals surface area contributed by atoms with Gasteiger partial charge in [0.1, 0.15) is 17.9 Å². The molecule has 0 aliphatic rings. The summed E-state index contributed by atoms with van der Waals surface area (Å²) in [6.45, 7) is 1.56. The van der Waals surface area contributed by atoms with Crippen LogP contribution >= 0.6 is 0 Å². The van der Waals surface area contributed by atoms with Gasteiger partial charge < -0.3 is 19.4 Å². The number of nitrogens with zero attached hydrogens (tertiary/aromatic N) is 2. The van der Waals surface area contributed by atoms with Gasteiger partial charge in [0.2, 0.25) is 5.52 Å². The summed E-state index contributed by atoms with van der Waals surface area (Å²) in [7, 11) is 2.62. The third-order valence-electron chi connectivity index (χ3n) is 3.34. The maximum absolute atomic E-state index is 12.6. The van der Waals surface area contributed by atoms with Crippen molar-refractivity contribution >= 4 is 23.0 Å². The number of carbonyl (C=O) groups is 2. The molecule has 0 saturated heterocycles. The third kappa shape index (κ3) is 3.53. The zero-order valence-corrected chi connectivity index (χ0v) is 13.7. The standard InChI is InChI=1S/C16H18N2O6/c1-4-5-14(19)24-9-12-15(16(20)23-3)18(21)13-8-10(22-2)6-7-11(13)17-12/h6-8H,4-5,9H2,1-3H3. The molecule has 1 heterocycles. The molecule has 0 aliphatic carbocycles. The van der Waals surface area contributed by atoms with Crippen molar-refractivity contribution in [2.75, 3.05) is 14.2 Å². The van der Waals surface area contributed by atoms with Crippen molar-refractivity contribution in [2.45, 2.75) is 26.4 Å². The van der Waals surface area contributed by atoms with Crippen molar-refractivity contribution in [1.29, 1.82) is 0 Å². The first-order valence-electron chi connectivity index (χ1n) is 7.36. The minimum absolute atomic E-state index is 0.0407. The van der Waals surface area contributed by atoms with Gasteiger partial charge in [-0.15, -0.1) is 0 Å². The maximum Gasteiger partial charge on any atom is 0.406 e. The molecule has 0 atom stereocenters. The third-order valence-corrected chi connectivity index (χ3v) is 3.34. The number of carbonyl (C=O) groups excluding carboxylic acids is 2. The normalized spacial score (nSPS) is 10.5. The molecule has 0 spiro atoms. The lowest BCUT2D eigenvalue weighted by Gasteiger charge is -2.11. The van der Waals surface area contributed by atoms with Crippen molar-refractivity contribution in [3.63, 3.8) is 0 Å². The minimum atomic E-state index is -0.858. The van der Waals surface area contributed by atoms with Crippen LogP contribution in [0.5, 0.6) is 5.75 Å². The van der Waals surface area contributed by atoms with Crippen molar-refractivity contribution in [3.8, 4) is 5.75 Å². The number of methoxy groups -OCH3 is 2. The summed E-state index contributed by atoms with van der Waals surface area (Å²) in [5, 5.41) is 12.6. The van der Waals surface area contributed by atoms with E-state index in [0.29, 0.717) is 22.4 Å². The van der Waals surface area contributed by atoms with Crippen LogP contribution in [0.4, 0.5) is 0 Å². The first kappa shape index (κ1) is 17.5. The summed E-state index contributed by atoms with van der Waals surface area (Å²) < 4.78 is 15.2. The number of esters is 2. The van der Waals surface area contributed by atoms with E-state index < -0.39 is 11.9 Å². The highest BCUT2D eigenvalue weighted by Crippen LogP contribution is 2.19. The first-order chi connectivity index (χ1) is 11.5. The number of rotatable bonds is 6. The largest absolute Gasteiger partial charge is 0.618 e. The zero-order valence-electron chi connectivity index (χ0n) is 13.7. The van der Waals surface area contributed by atoms with Gasteiger partial charge in [-0.1, -0.05) is 6.92 Å². The highest BCUT2D eigenvalue weighted by Gasteiger charge is 2.28. The lowest BCUT2D eigenvalue weighted by molar-refractivity contribution is -0.581. The Morgan fingerprint density at radius 1 is 1.29 bits per heavy atom. The van der Waals surface area contributed by atoms with Gasteiger partial charge in [0, 0.05) is 6.42 Å². The average molecular weight is 334 g/mol. The summed E-state index contributed by atoms with van der Waals surface area (Å²) >= 11 is 0. The molecular weight excluding hydrogens is 316 g/mol. The average Bonchev–Trinajstić information content (AvgIpc) is 2.59. The van der Waals surface area contributed by atoms with Gasteiger partial charge in [-0.3, -0.25) is 4.79 Å². The first-order valence-corrected chi connectivity index (χ1v) is 7.36. The molecule has 0 unspecified atom stereocenters. The molecule has 8 heteroatoms. The molecule has 0 bridgehead atoms. The van der Waals surface area contributed by atoms with Crippen LogP contribution in [0.2, 0.25) is 0 Å². The molecule has 0 fully saturated rings. The predicted molar refractivity (Wildman–Crippen MR) is 83.3 cm³/mol. The zero-order chi connectivity index (χ0) is 17.7. The van der Waals surface area contributed by atoms with Gasteiger partial charge in [0.05, 0.1) is 20.3 Å². The van der Waals surface area contributed by atoms with Gasteiger partial charge in [0.25, 0.3) is 0 Å². The second-order valence-electron chi connectivity index (χ2n) is 4.96. The number of fused-ring (bicyclic) bond motifs is 1. The van der Waals surface area contributed by atoms with Crippen LogP contribution in [0.3, 0.4) is 0 Å². The van der Waals surface area contributed by atoms with Crippen LogP contribution in [-0.4, -0.2) is 31.1 Å². The highest BCUT2D eigenvalue weighted by molar-refractivity contribution is 5.88. The topological polar surface area (TPSA) is 102 Å². The monoisotopic (exact) mass is 334 g/mol. The Balaban J connectivity index is 2.51. The molecule has 1 aromatic heterocycles. The summed E-state index contributed by atoms with van der Waals surface area (Å²) in [5.74, 6) is -0.835. The molecular formula is C16H18N2O6. The van der Waals surface area contributed by atoms with Crippen molar-refractivity contribution < 1.29 is 28.5 Å².